The lowest BCUT2D eigenvalue weighted by Gasteiger charge is -2.10. The van der Waals surface area contributed by atoms with Crippen LogP contribution in [0.4, 0.5) is 0 Å². The SMILES string of the molecule is CC(N)CS(=O)CC(=O)N(C)C. The van der Waals surface area contributed by atoms with Gasteiger partial charge in [-0.05, 0) is 6.92 Å². The number of rotatable bonds is 4. The van der Waals surface area contributed by atoms with E-state index in [-0.39, 0.29) is 17.7 Å². The third-order valence-electron chi connectivity index (χ3n) is 1.23. The Hall–Kier alpha value is -0.420. The first kappa shape index (κ1) is 11.6. The molecule has 5 heteroatoms. The number of hydrogen-bond donors (Lipinski definition) is 1. The smallest absolute Gasteiger partial charge is 0.234 e. The van der Waals surface area contributed by atoms with E-state index >= 15 is 0 Å². The minimum absolute atomic E-state index is 0.0779. The van der Waals surface area contributed by atoms with Crippen LogP contribution in [-0.2, 0) is 15.6 Å². The van der Waals surface area contributed by atoms with Gasteiger partial charge in [0, 0.05) is 36.7 Å². The standard InChI is InChI=1S/C7H16N2O2S/c1-6(8)4-12(11)5-7(10)9(2)3/h6H,4-5,8H2,1-3H3. The van der Waals surface area contributed by atoms with E-state index in [1.165, 1.54) is 4.90 Å². The molecule has 12 heavy (non-hydrogen) atoms. The molecule has 0 aliphatic heterocycles. The van der Waals surface area contributed by atoms with E-state index in [0.29, 0.717) is 5.75 Å². The topological polar surface area (TPSA) is 63.4 Å². The molecule has 2 unspecified atom stereocenters. The maximum absolute atomic E-state index is 11.2. The molecule has 72 valence electrons. The number of hydrogen-bond acceptors (Lipinski definition) is 3. The lowest BCUT2D eigenvalue weighted by atomic mass is 10.4. The van der Waals surface area contributed by atoms with Crippen molar-refractivity contribution in [3.63, 3.8) is 0 Å². The first-order valence-corrected chi connectivity index (χ1v) is 5.23. The Morgan fingerprint density at radius 2 is 2.08 bits per heavy atom. The number of amides is 1. The fourth-order valence-electron chi connectivity index (χ4n) is 0.619. The third-order valence-corrected chi connectivity index (χ3v) is 2.70. The average Bonchev–Trinajstić information content (AvgIpc) is 1.84. The summed E-state index contributed by atoms with van der Waals surface area (Å²) in [6.07, 6.45) is 0. The van der Waals surface area contributed by atoms with Gasteiger partial charge in [-0.15, -0.1) is 0 Å². The molecule has 2 N–H and O–H groups in total. The minimum atomic E-state index is -1.12. The van der Waals surface area contributed by atoms with Crippen molar-refractivity contribution in [1.29, 1.82) is 0 Å². The van der Waals surface area contributed by atoms with Crippen LogP contribution >= 0.6 is 0 Å². The fourth-order valence-corrected chi connectivity index (χ4v) is 1.86. The van der Waals surface area contributed by atoms with E-state index in [1.807, 2.05) is 0 Å². The van der Waals surface area contributed by atoms with Crippen LogP contribution in [0, 0.1) is 0 Å². The van der Waals surface area contributed by atoms with Crippen molar-refractivity contribution < 1.29 is 9.00 Å². The molecule has 0 heterocycles. The van der Waals surface area contributed by atoms with Crippen molar-refractivity contribution in [3.8, 4) is 0 Å². The molecule has 0 aliphatic carbocycles. The molecule has 0 saturated heterocycles. The highest BCUT2D eigenvalue weighted by molar-refractivity contribution is 7.85. The van der Waals surface area contributed by atoms with E-state index in [0.717, 1.165) is 0 Å². The largest absolute Gasteiger partial charge is 0.348 e. The lowest BCUT2D eigenvalue weighted by molar-refractivity contribution is -0.125. The van der Waals surface area contributed by atoms with E-state index < -0.39 is 10.8 Å². The maximum Gasteiger partial charge on any atom is 0.234 e. The van der Waals surface area contributed by atoms with E-state index in [2.05, 4.69) is 0 Å². The first-order chi connectivity index (χ1) is 5.43. The molecule has 0 bridgehead atoms. The molecule has 4 nitrogen and oxygen atoms in total. The summed E-state index contributed by atoms with van der Waals surface area (Å²) in [5.41, 5.74) is 5.43. The third kappa shape index (κ3) is 5.26. The van der Waals surface area contributed by atoms with Gasteiger partial charge in [-0.25, -0.2) is 0 Å². The van der Waals surface area contributed by atoms with Crippen LogP contribution in [0.25, 0.3) is 0 Å². The van der Waals surface area contributed by atoms with Crippen molar-refractivity contribution >= 4 is 16.7 Å². The highest BCUT2D eigenvalue weighted by atomic mass is 32.2. The molecule has 0 rings (SSSR count). The molecule has 0 aromatic carbocycles. The highest BCUT2D eigenvalue weighted by Gasteiger charge is 2.10. The molecule has 0 fully saturated rings. The number of carbonyl (C=O) groups excluding carboxylic acids is 1. The van der Waals surface area contributed by atoms with Gasteiger partial charge in [0.25, 0.3) is 0 Å². The highest BCUT2D eigenvalue weighted by Crippen LogP contribution is 1.89. The molecule has 2 atom stereocenters. The van der Waals surface area contributed by atoms with Crippen LogP contribution in [-0.4, -0.2) is 46.7 Å². The molecule has 1 amide bonds. The zero-order valence-corrected chi connectivity index (χ0v) is 8.56. The Morgan fingerprint density at radius 1 is 1.58 bits per heavy atom. The summed E-state index contributed by atoms with van der Waals surface area (Å²) in [5, 5.41) is 0. The normalized spacial score (nSPS) is 15.3. The second-order valence-corrected chi connectivity index (χ2v) is 4.52. The molecule has 0 aromatic rings. The summed E-state index contributed by atoms with van der Waals surface area (Å²) >= 11 is 0. The summed E-state index contributed by atoms with van der Waals surface area (Å²) in [6, 6.07) is -0.110. The summed E-state index contributed by atoms with van der Waals surface area (Å²) in [7, 11) is 2.17. The summed E-state index contributed by atoms with van der Waals surface area (Å²) in [5.74, 6) is 0.350. The second kappa shape index (κ2) is 5.27. The predicted molar refractivity (Wildman–Crippen MR) is 50.2 cm³/mol. The van der Waals surface area contributed by atoms with Crippen LogP contribution in [0.5, 0.6) is 0 Å². The number of carbonyl (C=O) groups is 1. The molecular formula is C7H16N2O2S. The molecule has 0 radical (unpaired) electrons. The Bertz CT molecular complexity index is 180. The Kier molecular flexibility index (Phi) is 5.08. The molecule has 0 spiro atoms. The average molecular weight is 192 g/mol. The monoisotopic (exact) mass is 192 g/mol. The van der Waals surface area contributed by atoms with Crippen LogP contribution in [0.3, 0.4) is 0 Å². The van der Waals surface area contributed by atoms with Gasteiger partial charge in [-0.2, -0.15) is 0 Å². The van der Waals surface area contributed by atoms with Crippen LogP contribution in [0.15, 0.2) is 0 Å². The predicted octanol–water partition coefficient (Wildman–Crippen LogP) is -0.829. The molecular weight excluding hydrogens is 176 g/mol. The maximum atomic E-state index is 11.2. The van der Waals surface area contributed by atoms with Crippen LogP contribution in [0.1, 0.15) is 6.92 Å². The van der Waals surface area contributed by atoms with Gasteiger partial charge in [0.1, 0.15) is 5.75 Å². The summed E-state index contributed by atoms with van der Waals surface area (Å²) in [6.45, 7) is 1.78. The number of nitrogens with two attached hydrogens (primary N) is 1. The number of nitrogens with zero attached hydrogens (tertiary/aromatic N) is 1. The van der Waals surface area contributed by atoms with Gasteiger partial charge in [0.15, 0.2) is 0 Å². The second-order valence-electron chi connectivity index (χ2n) is 3.02. The Morgan fingerprint density at radius 3 is 2.42 bits per heavy atom. The zero-order chi connectivity index (χ0) is 9.72. The fraction of sp³-hybridized carbons (Fsp3) is 0.857. The van der Waals surface area contributed by atoms with Crippen molar-refractivity contribution in [2.75, 3.05) is 25.6 Å². The van der Waals surface area contributed by atoms with Crippen LogP contribution < -0.4 is 5.73 Å². The minimum Gasteiger partial charge on any atom is -0.348 e. The van der Waals surface area contributed by atoms with Gasteiger partial charge < -0.3 is 10.6 Å². The van der Waals surface area contributed by atoms with E-state index in [1.54, 1.807) is 21.0 Å². The van der Waals surface area contributed by atoms with E-state index in [9.17, 15) is 9.00 Å². The lowest BCUT2D eigenvalue weighted by Crippen LogP contribution is -2.31. The van der Waals surface area contributed by atoms with Gasteiger partial charge >= 0.3 is 0 Å². The zero-order valence-electron chi connectivity index (χ0n) is 7.74. The molecule has 0 aliphatic rings. The van der Waals surface area contributed by atoms with Gasteiger partial charge in [-0.1, -0.05) is 0 Å². The summed E-state index contributed by atoms with van der Waals surface area (Å²) in [4.78, 5) is 12.5. The van der Waals surface area contributed by atoms with Gasteiger partial charge in [0.2, 0.25) is 5.91 Å². The van der Waals surface area contributed by atoms with Crippen molar-refractivity contribution in [1.82, 2.24) is 4.90 Å². The Balaban J connectivity index is 3.77. The van der Waals surface area contributed by atoms with Gasteiger partial charge in [-0.3, -0.25) is 9.00 Å². The van der Waals surface area contributed by atoms with Crippen molar-refractivity contribution in [3.05, 3.63) is 0 Å². The molecule has 0 saturated carbocycles. The summed E-state index contributed by atoms with van der Waals surface area (Å²) < 4.78 is 11.2. The Labute approximate surface area is 75.6 Å². The quantitative estimate of drug-likeness (QED) is 0.632. The first-order valence-electron chi connectivity index (χ1n) is 3.74. The van der Waals surface area contributed by atoms with Gasteiger partial charge in [0.05, 0.1) is 0 Å². The van der Waals surface area contributed by atoms with Crippen LogP contribution in [0.2, 0.25) is 0 Å². The van der Waals surface area contributed by atoms with E-state index in [4.69, 9.17) is 5.73 Å². The van der Waals surface area contributed by atoms with Crippen molar-refractivity contribution in [2.45, 2.75) is 13.0 Å². The molecule has 0 aromatic heterocycles. The van der Waals surface area contributed by atoms with Crippen molar-refractivity contribution in [2.24, 2.45) is 5.73 Å².